The molecule has 1 N–H and O–H groups in total. The zero-order valence-corrected chi connectivity index (χ0v) is 13.7. The van der Waals surface area contributed by atoms with Crippen LogP contribution in [0.25, 0.3) is 0 Å². The lowest BCUT2D eigenvalue weighted by Gasteiger charge is -2.23. The zero-order valence-electron chi connectivity index (χ0n) is 12.9. The number of rotatable bonds is 3. The highest BCUT2D eigenvalue weighted by Gasteiger charge is 2.28. The van der Waals surface area contributed by atoms with Crippen molar-refractivity contribution in [1.29, 1.82) is 0 Å². The van der Waals surface area contributed by atoms with Crippen molar-refractivity contribution in [3.8, 4) is 0 Å². The predicted octanol–water partition coefficient (Wildman–Crippen LogP) is 2.80. The van der Waals surface area contributed by atoms with Crippen molar-refractivity contribution in [2.45, 2.75) is 46.1 Å². The third kappa shape index (κ3) is 2.37. The fraction of sp³-hybridized carbons (Fsp3) is 0.533. The minimum atomic E-state index is -0.0452. The molecule has 3 rings (SSSR count). The van der Waals surface area contributed by atoms with Gasteiger partial charge in [-0.2, -0.15) is 5.10 Å². The van der Waals surface area contributed by atoms with E-state index in [9.17, 15) is 4.79 Å². The Labute approximate surface area is 128 Å². The summed E-state index contributed by atoms with van der Waals surface area (Å²) in [6.07, 6.45) is 3.05. The van der Waals surface area contributed by atoms with Crippen molar-refractivity contribution < 1.29 is 4.79 Å². The molecule has 1 aliphatic rings. The number of amides is 1. The number of fused-ring (bicyclic) bond motifs is 1. The molecule has 112 valence electrons. The lowest BCUT2D eigenvalue weighted by atomic mass is 10.1. The molecule has 2 heterocycles. The summed E-state index contributed by atoms with van der Waals surface area (Å²) in [5, 5.41) is 8.27. The second-order valence-corrected chi connectivity index (χ2v) is 7.06. The number of aromatic nitrogens is 3. The molecule has 1 aliphatic carbocycles. The fourth-order valence-corrected chi connectivity index (χ4v) is 3.86. The molecular weight excluding hydrogens is 284 g/mol. The normalized spacial score (nSPS) is 15.0. The Bertz CT molecular complexity index is 688. The Kier molecular flexibility index (Phi) is 3.57. The smallest absolute Gasteiger partial charge is 0.274 e. The summed E-state index contributed by atoms with van der Waals surface area (Å²) in [6.45, 7) is 6.07. The first-order valence-electron chi connectivity index (χ1n) is 7.26. The number of nitrogens with zero attached hydrogens (tertiary/aromatic N) is 3. The first-order valence-corrected chi connectivity index (χ1v) is 8.08. The van der Waals surface area contributed by atoms with E-state index in [0.717, 1.165) is 41.2 Å². The van der Waals surface area contributed by atoms with Crippen molar-refractivity contribution in [2.75, 3.05) is 7.05 Å². The van der Waals surface area contributed by atoms with Gasteiger partial charge in [-0.15, -0.1) is 11.3 Å². The van der Waals surface area contributed by atoms with E-state index in [1.165, 1.54) is 4.88 Å². The maximum atomic E-state index is 12.7. The first-order chi connectivity index (χ1) is 9.99. The number of nitrogens with one attached hydrogen (secondary N) is 1. The van der Waals surface area contributed by atoms with Gasteiger partial charge in [0.15, 0.2) is 5.69 Å². The van der Waals surface area contributed by atoms with Gasteiger partial charge >= 0.3 is 0 Å². The van der Waals surface area contributed by atoms with Gasteiger partial charge < -0.3 is 4.90 Å². The third-order valence-corrected chi connectivity index (χ3v) is 5.15. The largest absolute Gasteiger partial charge is 0.332 e. The van der Waals surface area contributed by atoms with Gasteiger partial charge in [-0.1, -0.05) is 0 Å². The van der Waals surface area contributed by atoms with E-state index in [4.69, 9.17) is 0 Å². The summed E-state index contributed by atoms with van der Waals surface area (Å²) < 4.78 is 0. The molecule has 0 aliphatic heterocycles. The quantitative estimate of drug-likeness (QED) is 0.948. The Morgan fingerprint density at radius 3 is 2.81 bits per heavy atom. The van der Waals surface area contributed by atoms with E-state index in [1.54, 1.807) is 16.2 Å². The van der Waals surface area contributed by atoms with Crippen molar-refractivity contribution >= 4 is 17.2 Å². The van der Waals surface area contributed by atoms with E-state index in [1.807, 2.05) is 20.9 Å². The van der Waals surface area contributed by atoms with Crippen LogP contribution < -0.4 is 0 Å². The molecule has 0 aromatic carbocycles. The summed E-state index contributed by atoms with van der Waals surface area (Å²) >= 11 is 1.67. The number of carbonyl (C=O) groups excluding carboxylic acids is 1. The number of carbonyl (C=O) groups is 1. The minimum Gasteiger partial charge on any atom is -0.332 e. The molecule has 0 unspecified atom stereocenters. The monoisotopic (exact) mass is 304 g/mol. The summed E-state index contributed by atoms with van der Waals surface area (Å²) in [4.78, 5) is 20.2. The van der Waals surface area contributed by atoms with Crippen LogP contribution in [0.5, 0.6) is 0 Å². The fourth-order valence-electron chi connectivity index (χ4n) is 2.96. The van der Waals surface area contributed by atoms with Crippen molar-refractivity contribution in [3.63, 3.8) is 0 Å². The van der Waals surface area contributed by atoms with Crippen LogP contribution in [0.2, 0.25) is 0 Å². The number of H-pyrrole nitrogens is 1. The summed E-state index contributed by atoms with van der Waals surface area (Å²) in [7, 11) is 1.83. The molecule has 0 saturated carbocycles. The Morgan fingerprint density at radius 1 is 1.38 bits per heavy atom. The molecule has 5 nitrogen and oxygen atoms in total. The Hall–Kier alpha value is -1.69. The van der Waals surface area contributed by atoms with Crippen LogP contribution >= 0.6 is 11.3 Å². The minimum absolute atomic E-state index is 0.0213. The third-order valence-electron chi connectivity index (χ3n) is 4.25. The van der Waals surface area contributed by atoms with Gasteiger partial charge in [-0.3, -0.25) is 9.89 Å². The molecule has 2 aromatic heterocycles. The average molecular weight is 304 g/mol. The molecular formula is C15H20N4OS. The maximum absolute atomic E-state index is 12.7. The lowest BCUT2D eigenvalue weighted by molar-refractivity contribution is 0.0732. The van der Waals surface area contributed by atoms with E-state index in [-0.39, 0.29) is 11.9 Å². The molecule has 0 saturated heterocycles. The van der Waals surface area contributed by atoms with Gasteiger partial charge in [0.25, 0.3) is 5.91 Å². The van der Waals surface area contributed by atoms with Gasteiger partial charge in [0.05, 0.1) is 16.7 Å². The molecule has 1 amide bonds. The SMILES string of the molecule is Cc1nc([C@@H](C)N(C)C(=O)c2n[nH]c3c2CCC3)c(C)s1. The maximum Gasteiger partial charge on any atom is 0.274 e. The zero-order chi connectivity index (χ0) is 15.1. The molecule has 0 fully saturated rings. The van der Waals surface area contributed by atoms with Crippen molar-refractivity contribution in [2.24, 2.45) is 0 Å². The van der Waals surface area contributed by atoms with Crippen LogP contribution in [0.3, 0.4) is 0 Å². The summed E-state index contributed by atoms with van der Waals surface area (Å²) in [5.74, 6) is -0.0213. The number of hydrogen-bond acceptors (Lipinski definition) is 4. The molecule has 6 heteroatoms. The van der Waals surface area contributed by atoms with Gasteiger partial charge in [0.1, 0.15) is 0 Å². The van der Waals surface area contributed by atoms with Gasteiger partial charge in [0.2, 0.25) is 0 Å². The van der Waals surface area contributed by atoms with Crippen LogP contribution in [0.15, 0.2) is 0 Å². The van der Waals surface area contributed by atoms with Crippen LogP contribution in [-0.4, -0.2) is 33.0 Å². The van der Waals surface area contributed by atoms with Crippen LogP contribution in [-0.2, 0) is 12.8 Å². The van der Waals surface area contributed by atoms with E-state index in [0.29, 0.717) is 5.69 Å². The Morgan fingerprint density at radius 2 is 2.14 bits per heavy atom. The number of aryl methyl sites for hydroxylation is 3. The summed E-state index contributed by atoms with van der Waals surface area (Å²) in [6, 6.07) is -0.0452. The topological polar surface area (TPSA) is 61.9 Å². The molecule has 0 spiro atoms. The lowest BCUT2D eigenvalue weighted by Crippen LogP contribution is -2.31. The van der Waals surface area contributed by atoms with Crippen molar-refractivity contribution in [3.05, 3.63) is 32.5 Å². The number of hydrogen-bond donors (Lipinski definition) is 1. The molecule has 1 atom stereocenters. The van der Waals surface area contributed by atoms with E-state index >= 15 is 0 Å². The predicted molar refractivity (Wildman–Crippen MR) is 82.7 cm³/mol. The van der Waals surface area contributed by atoms with Crippen LogP contribution in [0.1, 0.15) is 56.7 Å². The first kappa shape index (κ1) is 14.3. The summed E-state index contributed by atoms with van der Waals surface area (Å²) in [5.41, 5.74) is 3.80. The van der Waals surface area contributed by atoms with E-state index < -0.39 is 0 Å². The van der Waals surface area contributed by atoms with Gasteiger partial charge in [0, 0.05) is 23.2 Å². The standard InChI is InChI=1S/C15H20N4OS/c1-8(13-9(2)21-10(3)16-13)19(4)15(20)14-11-6-5-7-12(11)17-18-14/h8H,5-7H2,1-4H3,(H,17,18)/t8-/m1/s1. The molecule has 21 heavy (non-hydrogen) atoms. The highest BCUT2D eigenvalue weighted by Crippen LogP contribution is 2.29. The highest BCUT2D eigenvalue weighted by atomic mass is 32.1. The molecule has 0 radical (unpaired) electrons. The molecule has 2 aromatic rings. The van der Waals surface area contributed by atoms with Gasteiger partial charge in [-0.05, 0) is 40.0 Å². The molecule has 0 bridgehead atoms. The average Bonchev–Trinajstić information content (AvgIpc) is 3.11. The Balaban J connectivity index is 1.85. The van der Waals surface area contributed by atoms with Crippen LogP contribution in [0.4, 0.5) is 0 Å². The number of aromatic amines is 1. The second-order valence-electron chi connectivity index (χ2n) is 5.65. The van der Waals surface area contributed by atoms with Crippen LogP contribution in [0, 0.1) is 13.8 Å². The highest BCUT2D eigenvalue weighted by molar-refractivity contribution is 7.11. The van der Waals surface area contributed by atoms with Gasteiger partial charge in [-0.25, -0.2) is 4.98 Å². The number of thiazole rings is 1. The van der Waals surface area contributed by atoms with Crippen molar-refractivity contribution in [1.82, 2.24) is 20.1 Å². The second kappa shape index (κ2) is 5.26. The van der Waals surface area contributed by atoms with E-state index in [2.05, 4.69) is 22.1 Å².